The number of nitrogens with zero attached hydrogens (tertiary/aromatic N) is 2. The van der Waals surface area contributed by atoms with E-state index in [1.807, 2.05) is 69.0 Å². The van der Waals surface area contributed by atoms with Crippen LogP contribution in [0.3, 0.4) is 0 Å². The number of carbonyl (C=O) groups excluding carboxylic acids is 2. The van der Waals surface area contributed by atoms with Gasteiger partial charge in [0.05, 0.1) is 0 Å². The number of nitrogens with one attached hydrogen (secondary N) is 1. The second-order valence-corrected chi connectivity index (χ2v) is 7.79. The first-order valence-corrected chi connectivity index (χ1v) is 9.27. The first kappa shape index (κ1) is 20.6. The van der Waals surface area contributed by atoms with Crippen molar-refractivity contribution in [2.75, 3.05) is 6.54 Å². The molecule has 0 spiro atoms. The van der Waals surface area contributed by atoms with E-state index in [1.165, 1.54) is 0 Å². The molecule has 0 aliphatic heterocycles. The molecule has 5 nitrogen and oxygen atoms in total. The van der Waals surface area contributed by atoms with Crippen molar-refractivity contribution >= 4 is 11.8 Å². The van der Waals surface area contributed by atoms with Crippen molar-refractivity contribution in [3.05, 3.63) is 65.5 Å². The Labute approximate surface area is 161 Å². The minimum atomic E-state index is -0.459. The molecule has 0 radical (unpaired) electrons. The summed E-state index contributed by atoms with van der Waals surface area (Å²) in [7, 11) is 0. The summed E-state index contributed by atoms with van der Waals surface area (Å²) >= 11 is 0. The van der Waals surface area contributed by atoms with Gasteiger partial charge in [-0.15, -0.1) is 0 Å². The first-order chi connectivity index (χ1) is 12.8. The average molecular weight is 367 g/mol. The molecule has 0 saturated carbocycles. The standard InChI is InChI=1S/C22H29N3O2/c1-17-8-5-6-10-19(17)16-25(15-18-9-7-12-23-14-18)20(26)11-13-24-21(27)22(2,3)4/h5-10,12,14H,11,13,15-16H2,1-4H3,(H,24,27). The molecule has 27 heavy (non-hydrogen) atoms. The molecule has 1 N–H and O–H groups in total. The molecule has 0 fully saturated rings. The van der Waals surface area contributed by atoms with E-state index >= 15 is 0 Å². The summed E-state index contributed by atoms with van der Waals surface area (Å²) in [5.74, 6) is -0.0377. The van der Waals surface area contributed by atoms with Crippen LogP contribution in [-0.2, 0) is 22.7 Å². The summed E-state index contributed by atoms with van der Waals surface area (Å²) in [6.45, 7) is 8.99. The number of aromatic nitrogens is 1. The molecule has 1 aromatic carbocycles. The fourth-order valence-electron chi connectivity index (χ4n) is 2.64. The monoisotopic (exact) mass is 367 g/mol. The van der Waals surface area contributed by atoms with Crippen molar-refractivity contribution < 1.29 is 9.59 Å². The van der Waals surface area contributed by atoms with Gasteiger partial charge in [0.1, 0.15) is 0 Å². The number of amides is 2. The predicted octanol–water partition coefficient (Wildman–Crippen LogP) is 3.47. The van der Waals surface area contributed by atoms with E-state index in [9.17, 15) is 9.59 Å². The zero-order valence-electron chi connectivity index (χ0n) is 16.7. The van der Waals surface area contributed by atoms with Crippen molar-refractivity contribution in [2.45, 2.75) is 47.2 Å². The van der Waals surface area contributed by atoms with Gasteiger partial charge in [0, 0.05) is 43.9 Å². The topological polar surface area (TPSA) is 62.3 Å². The van der Waals surface area contributed by atoms with Gasteiger partial charge in [-0.3, -0.25) is 14.6 Å². The number of rotatable bonds is 7. The Morgan fingerprint density at radius 1 is 1.07 bits per heavy atom. The van der Waals surface area contributed by atoms with Gasteiger partial charge in [0.15, 0.2) is 0 Å². The minimum absolute atomic E-state index is 0.0105. The third-order valence-electron chi connectivity index (χ3n) is 4.38. The van der Waals surface area contributed by atoms with Gasteiger partial charge in [0.2, 0.25) is 11.8 Å². The number of hydrogen-bond acceptors (Lipinski definition) is 3. The minimum Gasteiger partial charge on any atom is -0.355 e. The maximum Gasteiger partial charge on any atom is 0.225 e. The SMILES string of the molecule is Cc1ccccc1CN(Cc1cccnc1)C(=O)CCNC(=O)C(C)(C)C. The van der Waals surface area contributed by atoms with Gasteiger partial charge in [0.25, 0.3) is 0 Å². The fourth-order valence-corrected chi connectivity index (χ4v) is 2.64. The fraction of sp³-hybridized carbons (Fsp3) is 0.409. The molecular formula is C22H29N3O2. The molecule has 2 amide bonds. The van der Waals surface area contributed by atoms with Crippen LogP contribution in [0, 0.1) is 12.3 Å². The van der Waals surface area contributed by atoms with Crippen molar-refractivity contribution in [2.24, 2.45) is 5.41 Å². The molecule has 144 valence electrons. The van der Waals surface area contributed by atoms with E-state index in [0.717, 1.165) is 16.7 Å². The normalized spacial score (nSPS) is 11.1. The van der Waals surface area contributed by atoms with E-state index in [0.29, 0.717) is 19.6 Å². The van der Waals surface area contributed by atoms with Gasteiger partial charge >= 0.3 is 0 Å². The Hall–Kier alpha value is -2.69. The lowest BCUT2D eigenvalue weighted by Gasteiger charge is -2.24. The van der Waals surface area contributed by atoms with Crippen LogP contribution in [-0.4, -0.2) is 28.2 Å². The van der Waals surface area contributed by atoms with E-state index < -0.39 is 5.41 Å². The summed E-state index contributed by atoms with van der Waals surface area (Å²) in [5.41, 5.74) is 2.80. The Morgan fingerprint density at radius 3 is 2.44 bits per heavy atom. The van der Waals surface area contributed by atoms with Crippen LogP contribution in [0.15, 0.2) is 48.8 Å². The lowest BCUT2D eigenvalue weighted by molar-refractivity contribution is -0.133. The first-order valence-electron chi connectivity index (χ1n) is 9.27. The number of benzene rings is 1. The number of aryl methyl sites for hydroxylation is 1. The summed E-state index contributed by atoms with van der Waals surface area (Å²) in [5, 5.41) is 2.85. The molecule has 0 saturated heterocycles. The van der Waals surface area contributed by atoms with Crippen molar-refractivity contribution in [1.29, 1.82) is 0 Å². The van der Waals surface area contributed by atoms with Crippen LogP contribution in [0.1, 0.15) is 43.9 Å². The van der Waals surface area contributed by atoms with Crippen LogP contribution in [0.25, 0.3) is 0 Å². The second-order valence-electron chi connectivity index (χ2n) is 7.79. The Morgan fingerprint density at radius 2 is 1.81 bits per heavy atom. The number of pyridine rings is 1. The average Bonchev–Trinajstić information content (AvgIpc) is 2.62. The van der Waals surface area contributed by atoms with Gasteiger partial charge in [-0.05, 0) is 29.7 Å². The summed E-state index contributed by atoms with van der Waals surface area (Å²) in [6.07, 6.45) is 3.77. The van der Waals surface area contributed by atoms with Crippen molar-refractivity contribution in [3.8, 4) is 0 Å². The molecule has 0 aliphatic carbocycles. The molecule has 1 aromatic heterocycles. The zero-order valence-corrected chi connectivity index (χ0v) is 16.7. The highest BCUT2D eigenvalue weighted by atomic mass is 16.2. The van der Waals surface area contributed by atoms with Crippen LogP contribution < -0.4 is 5.32 Å². The number of hydrogen-bond donors (Lipinski definition) is 1. The van der Waals surface area contributed by atoms with Gasteiger partial charge in [-0.2, -0.15) is 0 Å². The lowest BCUT2D eigenvalue weighted by atomic mass is 9.96. The largest absolute Gasteiger partial charge is 0.355 e. The van der Waals surface area contributed by atoms with Crippen LogP contribution in [0.2, 0.25) is 0 Å². The summed E-state index contributed by atoms with van der Waals surface area (Å²) < 4.78 is 0. The molecule has 0 atom stereocenters. The van der Waals surface area contributed by atoms with E-state index in [4.69, 9.17) is 0 Å². The van der Waals surface area contributed by atoms with E-state index in [-0.39, 0.29) is 18.2 Å². The Kier molecular flexibility index (Phi) is 7.11. The molecule has 0 bridgehead atoms. The third kappa shape index (κ3) is 6.51. The molecule has 1 heterocycles. The predicted molar refractivity (Wildman–Crippen MR) is 107 cm³/mol. The van der Waals surface area contributed by atoms with Gasteiger partial charge in [-0.25, -0.2) is 0 Å². The molecule has 2 rings (SSSR count). The summed E-state index contributed by atoms with van der Waals surface area (Å²) in [6, 6.07) is 11.9. The lowest BCUT2D eigenvalue weighted by Crippen LogP contribution is -2.38. The smallest absolute Gasteiger partial charge is 0.225 e. The summed E-state index contributed by atoms with van der Waals surface area (Å²) in [4.78, 5) is 30.8. The van der Waals surface area contributed by atoms with Crippen LogP contribution in [0.5, 0.6) is 0 Å². The molecular weight excluding hydrogens is 338 g/mol. The van der Waals surface area contributed by atoms with Crippen molar-refractivity contribution in [1.82, 2.24) is 15.2 Å². The highest BCUT2D eigenvalue weighted by Crippen LogP contribution is 2.15. The molecule has 0 aliphatic rings. The van der Waals surface area contributed by atoms with Gasteiger partial charge in [-0.1, -0.05) is 51.1 Å². The molecule has 0 unspecified atom stereocenters. The Balaban J connectivity index is 2.05. The van der Waals surface area contributed by atoms with E-state index in [1.54, 1.807) is 12.4 Å². The quantitative estimate of drug-likeness (QED) is 0.815. The molecule has 5 heteroatoms. The van der Waals surface area contributed by atoms with Crippen molar-refractivity contribution in [3.63, 3.8) is 0 Å². The third-order valence-corrected chi connectivity index (χ3v) is 4.38. The Bertz CT molecular complexity index is 767. The van der Waals surface area contributed by atoms with Crippen LogP contribution in [0.4, 0.5) is 0 Å². The highest BCUT2D eigenvalue weighted by molar-refractivity contribution is 5.82. The van der Waals surface area contributed by atoms with Crippen LogP contribution >= 0.6 is 0 Å². The van der Waals surface area contributed by atoms with Gasteiger partial charge < -0.3 is 10.2 Å². The molecule has 2 aromatic rings. The second kappa shape index (κ2) is 9.31. The maximum atomic E-state index is 12.8. The van der Waals surface area contributed by atoms with E-state index in [2.05, 4.69) is 10.3 Å². The zero-order chi connectivity index (χ0) is 19.9. The maximum absolute atomic E-state index is 12.8. The highest BCUT2D eigenvalue weighted by Gasteiger charge is 2.21. The number of carbonyl (C=O) groups is 2.